The summed E-state index contributed by atoms with van der Waals surface area (Å²) in [5.41, 5.74) is 8.56. The summed E-state index contributed by atoms with van der Waals surface area (Å²) in [6, 6.07) is 63.5. The predicted molar refractivity (Wildman–Crippen MR) is 220 cm³/mol. The second-order valence-corrected chi connectivity index (χ2v) is 13.2. The second kappa shape index (κ2) is 13.7. The summed E-state index contributed by atoms with van der Waals surface area (Å²) in [5, 5.41) is 2.23. The second-order valence-electron chi connectivity index (χ2n) is 13.2. The molecule has 0 saturated heterocycles. The van der Waals surface area contributed by atoms with E-state index >= 15 is 0 Å². The van der Waals surface area contributed by atoms with Gasteiger partial charge in [-0.1, -0.05) is 170 Å². The highest BCUT2D eigenvalue weighted by Crippen LogP contribution is 2.36. The Kier molecular flexibility index (Phi) is 8.00. The van der Waals surface area contributed by atoms with Gasteiger partial charge in [0.1, 0.15) is 0 Å². The normalized spacial score (nSPS) is 11.3. The Balaban J connectivity index is 1.20. The van der Waals surface area contributed by atoms with Gasteiger partial charge in [0, 0.05) is 38.6 Å². The van der Waals surface area contributed by atoms with Gasteiger partial charge in [0.05, 0.1) is 11.0 Å². The molecule has 10 rings (SSSR count). The molecular formula is C48H31N7. The fourth-order valence-electron chi connectivity index (χ4n) is 7.10. The Morgan fingerprint density at radius 2 is 0.673 bits per heavy atom. The van der Waals surface area contributed by atoms with Crippen LogP contribution in [0.15, 0.2) is 188 Å². The molecule has 7 nitrogen and oxygen atoms in total. The SMILES string of the molecule is c1ccc(-c2ccc3c(c2)c2ccccc2n3-c2nc(-c3ccccc3)nc(-c3ccccc3-c3nc(-c4ccccc4)nc(-c4ccccc4)n3)n2)cc1. The highest BCUT2D eigenvalue weighted by molar-refractivity contribution is 6.10. The molecule has 0 N–H and O–H groups in total. The van der Waals surface area contributed by atoms with E-state index in [1.165, 1.54) is 0 Å². The van der Waals surface area contributed by atoms with Gasteiger partial charge >= 0.3 is 0 Å². The number of aromatic nitrogens is 7. The van der Waals surface area contributed by atoms with Crippen molar-refractivity contribution in [3.8, 4) is 74.0 Å². The van der Waals surface area contributed by atoms with Gasteiger partial charge in [-0.15, -0.1) is 0 Å². The molecule has 7 aromatic carbocycles. The molecule has 55 heavy (non-hydrogen) atoms. The van der Waals surface area contributed by atoms with Crippen LogP contribution in [0.5, 0.6) is 0 Å². The fourth-order valence-corrected chi connectivity index (χ4v) is 7.10. The van der Waals surface area contributed by atoms with Gasteiger partial charge in [-0.25, -0.2) is 19.9 Å². The van der Waals surface area contributed by atoms with Crippen LogP contribution < -0.4 is 0 Å². The van der Waals surface area contributed by atoms with Crippen LogP contribution in [-0.4, -0.2) is 34.5 Å². The topological polar surface area (TPSA) is 82.3 Å². The fraction of sp³-hybridized carbons (Fsp3) is 0. The lowest BCUT2D eigenvalue weighted by Gasteiger charge is -2.14. The molecule has 0 saturated carbocycles. The van der Waals surface area contributed by atoms with E-state index in [0.29, 0.717) is 35.1 Å². The molecule has 0 bridgehead atoms. The van der Waals surface area contributed by atoms with Crippen molar-refractivity contribution in [2.24, 2.45) is 0 Å². The number of rotatable bonds is 7. The number of nitrogens with zero attached hydrogens (tertiary/aromatic N) is 7. The molecule has 0 aliphatic carbocycles. The lowest BCUT2D eigenvalue weighted by Crippen LogP contribution is -2.07. The maximum atomic E-state index is 5.27. The average molecular weight is 706 g/mol. The Bertz CT molecular complexity index is 2910. The monoisotopic (exact) mass is 705 g/mol. The lowest BCUT2D eigenvalue weighted by molar-refractivity contribution is 0.953. The van der Waals surface area contributed by atoms with Crippen LogP contribution in [-0.2, 0) is 0 Å². The molecule has 0 aliphatic rings. The summed E-state index contributed by atoms with van der Waals surface area (Å²) in [5.74, 6) is 3.28. The Labute approximate surface area is 317 Å². The van der Waals surface area contributed by atoms with Gasteiger partial charge in [0.25, 0.3) is 0 Å². The first kappa shape index (κ1) is 32.0. The zero-order chi connectivity index (χ0) is 36.6. The quantitative estimate of drug-likeness (QED) is 0.164. The smallest absolute Gasteiger partial charge is 0.238 e. The molecular weight excluding hydrogens is 675 g/mol. The van der Waals surface area contributed by atoms with Crippen LogP contribution in [0.25, 0.3) is 95.8 Å². The molecule has 0 spiro atoms. The summed E-state index contributed by atoms with van der Waals surface area (Å²) in [4.78, 5) is 30.6. The van der Waals surface area contributed by atoms with Gasteiger partial charge in [0.2, 0.25) is 5.95 Å². The minimum Gasteiger partial charge on any atom is -0.278 e. The Morgan fingerprint density at radius 1 is 0.273 bits per heavy atom. The summed E-state index contributed by atoms with van der Waals surface area (Å²) < 4.78 is 2.14. The van der Waals surface area contributed by atoms with Crippen molar-refractivity contribution in [3.05, 3.63) is 188 Å². The largest absolute Gasteiger partial charge is 0.278 e. The van der Waals surface area contributed by atoms with E-state index in [-0.39, 0.29) is 0 Å². The van der Waals surface area contributed by atoms with Gasteiger partial charge in [0.15, 0.2) is 29.1 Å². The molecule has 3 aromatic heterocycles. The van der Waals surface area contributed by atoms with Crippen LogP contribution in [0.1, 0.15) is 0 Å². The molecule has 3 heterocycles. The summed E-state index contributed by atoms with van der Waals surface area (Å²) in [6.45, 7) is 0. The minimum atomic E-state index is 0.509. The minimum absolute atomic E-state index is 0.509. The molecule has 0 amide bonds. The third-order valence-electron chi connectivity index (χ3n) is 9.74. The third kappa shape index (κ3) is 5.99. The number of hydrogen-bond acceptors (Lipinski definition) is 6. The van der Waals surface area contributed by atoms with Crippen LogP contribution in [0.4, 0.5) is 0 Å². The number of para-hydroxylation sites is 1. The summed E-state index contributed by atoms with van der Waals surface area (Å²) >= 11 is 0. The van der Waals surface area contributed by atoms with Crippen molar-refractivity contribution in [1.29, 1.82) is 0 Å². The van der Waals surface area contributed by atoms with Crippen molar-refractivity contribution in [2.45, 2.75) is 0 Å². The van der Waals surface area contributed by atoms with Crippen molar-refractivity contribution in [2.75, 3.05) is 0 Å². The standard InChI is InChI=1S/C48H31N7/c1-5-17-32(18-6-1)36-29-30-42-40(31-36)37-25-15-16-28-41(37)55(42)48-53-45(35-23-11-4-12-24-35)52-47(54-48)39-27-14-13-26-38(39)46-50-43(33-19-7-2-8-20-33)49-44(51-46)34-21-9-3-10-22-34/h1-31H. The van der Waals surface area contributed by atoms with E-state index in [0.717, 1.165) is 60.8 Å². The van der Waals surface area contributed by atoms with E-state index in [4.69, 9.17) is 29.9 Å². The van der Waals surface area contributed by atoms with Gasteiger partial charge in [-0.3, -0.25) is 4.57 Å². The lowest BCUT2D eigenvalue weighted by atomic mass is 10.0. The highest BCUT2D eigenvalue weighted by Gasteiger charge is 2.21. The van der Waals surface area contributed by atoms with Gasteiger partial charge in [-0.05, 0) is 29.3 Å². The predicted octanol–water partition coefficient (Wildman–Crippen LogP) is 11.2. The van der Waals surface area contributed by atoms with Gasteiger partial charge in [-0.2, -0.15) is 9.97 Å². The number of hydrogen-bond donors (Lipinski definition) is 0. The molecule has 0 radical (unpaired) electrons. The maximum absolute atomic E-state index is 5.27. The van der Waals surface area contributed by atoms with E-state index in [1.807, 2.05) is 121 Å². The first-order valence-corrected chi connectivity index (χ1v) is 18.1. The summed E-state index contributed by atoms with van der Waals surface area (Å²) in [6.07, 6.45) is 0. The first-order valence-electron chi connectivity index (χ1n) is 18.1. The van der Waals surface area contributed by atoms with Crippen molar-refractivity contribution < 1.29 is 0 Å². The van der Waals surface area contributed by atoms with E-state index in [1.54, 1.807) is 0 Å². The first-order chi connectivity index (χ1) is 27.3. The number of fused-ring (bicyclic) bond motifs is 3. The zero-order valence-electron chi connectivity index (χ0n) is 29.5. The van der Waals surface area contributed by atoms with Crippen molar-refractivity contribution in [3.63, 3.8) is 0 Å². The highest BCUT2D eigenvalue weighted by atomic mass is 15.2. The maximum Gasteiger partial charge on any atom is 0.238 e. The molecule has 0 aliphatic heterocycles. The van der Waals surface area contributed by atoms with Crippen LogP contribution in [0, 0.1) is 0 Å². The van der Waals surface area contributed by atoms with Gasteiger partial charge < -0.3 is 0 Å². The molecule has 0 unspecified atom stereocenters. The Hall–Kier alpha value is -7.64. The molecule has 10 aromatic rings. The molecule has 7 heteroatoms. The molecule has 258 valence electrons. The van der Waals surface area contributed by atoms with Crippen LogP contribution >= 0.6 is 0 Å². The van der Waals surface area contributed by atoms with Crippen LogP contribution in [0.3, 0.4) is 0 Å². The van der Waals surface area contributed by atoms with Crippen molar-refractivity contribution >= 4 is 21.8 Å². The zero-order valence-corrected chi connectivity index (χ0v) is 29.5. The average Bonchev–Trinajstić information content (AvgIpc) is 3.61. The van der Waals surface area contributed by atoms with E-state index in [2.05, 4.69) is 71.3 Å². The molecule has 0 fully saturated rings. The third-order valence-corrected chi connectivity index (χ3v) is 9.74. The Morgan fingerprint density at radius 3 is 1.24 bits per heavy atom. The summed E-state index contributed by atoms with van der Waals surface area (Å²) in [7, 11) is 0. The van der Waals surface area contributed by atoms with E-state index in [9.17, 15) is 0 Å². The van der Waals surface area contributed by atoms with E-state index < -0.39 is 0 Å². The number of benzene rings is 7. The van der Waals surface area contributed by atoms with Crippen LogP contribution in [0.2, 0.25) is 0 Å². The van der Waals surface area contributed by atoms with Crippen molar-refractivity contribution in [1.82, 2.24) is 34.5 Å². The molecule has 0 atom stereocenters.